The molecule has 2 rings (SSSR count). The van der Waals surface area contributed by atoms with Crippen LogP contribution >= 0.6 is 11.8 Å². The summed E-state index contributed by atoms with van der Waals surface area (Å²) in [4.78, 5) is 0.489. The van der Waals surface area contributed by atoms with E-state index in [1.807, 2.05) is 6.92 Å². The maximum atomic E-state index is 13.8. The topological polar surface area (TPSA) is 12.0 Å². The van der Waals surface area contributed by atoms with Gasteiger partial charge < -0.3 is 5.32 Å². The van der Waals surface area contributed by atoms with E-state index in [0.29, 0.717) is 10.5 Å². The maximum absolute atomic E-state index is 13.8. The predicted octanol–water partition coefficient (Wildman–Crippen LogP) is 3.50. The summed E-state index contributed by atoms with van der Waals surface area (Å²) in [6.07, 6.45) is 1.85. The molecule has 0 aromatic heterocycles. The van der Waals surface area contributed by atoms with Gasteiger partial charge in [-0.1, -0.05) is 6.92 Å². The number of fused-ring (bicyclic) bond motifs is 1. The van der Waals surface area contributed by atoms with Crippen LogP contribution in [-0.4, -0.2) is 12.3 Å². The van der Waals surface area contributed by atoms with Crippen molar-refractivity contribution in [3.63, 3.8) is 0 Å². The van der Waals surface area contributed by atoms with Crippen molar-refractivity contribution < 1.29 is 8.78 Å². The monoisotopic (exact) mass is 243 g/mol. The number of benzene rings is 1. The van der Waals surface area contributed by atoms with Crippen molar-refractivity contribution >= 4 is 11.8 Å². The van der Waals surface area contributed by atoms with Crippen LogP contribution in [0.2, 0.25) is 0 Å². The predicted molar refractivity (Wildman–Crippen MR) is 62.7 cm³/mol. The summed E-state index contributed by atoms with van der Waals surface area (Å²) in [5.74, 6) is 0.262. The minimum Gasteiger partial charge on any atom is -0.310 e. The number of hydrogen-bond acceptors (Lipinski definition) is 2. The summed E-state index contributed by atoms with van der Waals surface area (Å²) in [5, 5.41) is 3.23. The van der Waals surface area contributed by atoms with Gasteiger partial charge in [0.1, 0.15) is 11.6 Å². The van der Waals surface area contributed by atoms with Crippen molar-refractivity contribution in [1.29, 1.82) is 0 Å². The van der Waals surface area contributed by atoms with E-state index in [9.17, 15) is 8.78 Å². The second-order valence-corrected chi connectivity index (χ2v) is 4.98. The summed E-state index contributed by atoms with van der Waals surface area (Å²) >= 11 is 1.42. The van der Waals surface area contributed by atoms with Gasteiger partial charge in [0.15, 0.2) is 0 Å². The molecule has 16 heavy (non-hydrogen) atoms. The third-order valence-corrected chi connectivity index (χ3v) is 3.97. The third kappa shape index (κ3) is 2.23. The van der Waals surface area contributed by atoms with E-state index >= 15 is 0 Å². The van der Waals surface area contributed by atoms with E-state index in [1.165, 1.54) is 23.9 Å². The maximum Gasteiger partial charge on any atom is 0.137 e. The zero-order valence-corrected chi connectivity index (χ0v) is 10.0. The van der Waals surface area contributed by atoms with Crippen LogP contribution in [0.1, 0.15) is 31.4 Å². The second-order valence-electron chi connectivity index (χ2n) is 3.87. The molecule has 1 aliphatic rings. The standard InChI is InChI=1S/C12H15F2NS/c1-2-15-10-4-3-7-16-12-9(14)6-5-8(13)11(10)12/h5-6,10,15H,2-4,7H2,1H3. The van der Waals surface area contributed by atoms with Crippen molar-refractivity contribution in [2.24, 2.45) is 0 Å². The molecule has 1 aromatic rings. The molecule has 0 saturated carbocycles. The molecule has 88 valence electrons. The Hall–Kier alpha value is -0.610. The van der Waals surface area contributed by atoms with E-state index in [2.05, 4.69) is 5.32 Å². The van der Waals surface area contributed by atoms with Gasteiger partial charge in [0.2, 0.25) is 0 Å². The number of halogens is 2. The molecular weight excluding hydrogens is 228 g/mol. The molecule has 0 fully saturated rings. The van der Waals surface area contributed by atoms with Crippen molar-refractivity contribution in [2.45, 2.75) is 30.7 Å². The van der Waals surface area contributed by atoms with Gasteiger partial charge in [-0.05, 0) is 37.3 Å². The molecule has 0 spiro atoms. The van der Waals surface area contributed by atoms with E-state index in [0.717, 1.165) is 25.1 Å². The van der Waals surface area contributed by atoms with Crippen LogP contribution in [0.5, 0.6) is 0 Å². The Morgan fingerprint density at radius 3 is 2.88 bits per heavy atom. The SMILES string of the molecule is CCNC1CCCSc2c(F)ccc(F)c21. The van der Waals surface area contributed by atoms with Gasteiger partial charge in [-0.15, -0.1) is 11.8 Å². The van der Waals surface area contributed by atoms with Gasteiger partial charge >= 0.3 is 0 Å². The quantitative estimate of drug-likeness (QED) is 0.853. The second kappa shape index (κ2) is 5.15. The van der Waals surface area contributed by atoms with Gasteiger partial charge in [0, 0.05) is 11.6 Å². The normalized spacial score (nSPS) is 20.3. The molecule has 1 nitrogen and oxygen atoms in total. The highest BCUT2D eigenvalue weighted by atomic mass is 32.2. The zero-order chi connectivity index (χ0) is 11.5. The first-order valence-corrected chi connectivity index (χ1v) is 6.56. The highest BCUT2D eigenvalue weighted by Gasteiger charge is 2.24. The van der Waals surface area contributed by atoms with Crippen molar-refractivity contribution in [3.8, 4) is 0 Å². The lowest BCUT2D eigenvalue weighted by atomic mass is 10.0. The molecular formula is C12H15F2NS. The van der Waals surface area contributed by atoms with Crippen LogP contribution in [0, 0.1) is 11.6 Å². The Bertz CT molecular complexity index is 382. The summed E-state index contributed by atoms with van der Waals surface area (Å²) in [6, 6.07) is 2.39. The Morgan fingerprint density at radius 1 is 1.38 bits per heavy atom. The first kappa shape index (κ1) is 11.9. The molecule has 1 atom stereocenters. The fourth-order valence-corrected chi connectivity index (χ4v) is 3.19. The average molecular weight is 243 g/mol. The zero-order valence-electron chi connectivity index (χ0n) is 9.22. The molecule has 0 bridgehead atoms. The molecule has 1 aromatic carbocycles. The van der Waals surface area contributed by atoms with Gasteiger partial charge in [-0.25, -0.2) is 8.78 Å². The lowest BCUT2D eigenvalue weighted by Gasteiger charge is -2.18. The van der Waals surface area contributed by atoms with E-state index < -0.39 is 0 Å². The van der Waals surface area contributed by atoms with Gasteiger partial charge in [-0.3, -0.25) is 0 Å². The van der Waals surface area contributed by atoms with Crippen LogP contribution in [0.3, 0.4) is 0 Å². The van der Waals surface area contributed by atoms with Gasteiger partial charge in [-0.2, -0.15) is 0 Å². The van der Waals surface area contributed by atoms with Crippen LogP contribution in [0.4, 0.5) is 8.78 Å². The van der Waals surface area contributed by atoms with Crippen LogP contribution in [0.25, 0.3) is 0 Å². The first-order valence-electron chi connectivity index (χ1n) is 5.58. The molecule has 0 amide bonds. The van der Waals surface area contributed by atoms with Crippen molar-refractivity contribution in [3.05, 3.63) is 29.3 Å². The minimum absolute atomic E-state index is 0.0503. The first-order chi connectivity index (χ1) is 7.74. The van der Waals surface area contributed by atoms with Crippen molar-refractivity contribution in [2.75, 3.05) is 12.3 Å². The third-order valence-electron chi connectivity index (χ3n) is 2.78. The Kier molecular flexibility index (Phi) is 3.82. The summed E-state index contributed by atoms with van der Waals surface area (Å²) in [6.45, 7) is 2.75. The van der Waals surface area contributed by atoms with E-state index in [1.54, 1.807) is 0 Å². The number of nitrogens with one attached hydrogen (secondary N) is 1. The molecule has 4 heteroatoms. The molecule has 1 N–H and O–H groups in total. The molecule has 0 saturated heterocycles. The highest BCUT2D eigenvalue weighted by molar-refractivity contribution is 7.99. The van der Waals surface area contributed by atoms with Gasteiger partial charge in [0.25, 0.3) is 0 Å². The molecule has 1 aliphatic heterocycles. The van der Waals surface area contributed by atoms with E-state index in [4.69, 9.17) is 0 Å². The van der Waals surface area contributed by atoms with Crippen LogP contribution in [-0.2, 0) is 0 Å². The van der Waals surface area contributed by atoms with Gasteiger partial charge in [0.05, 0.1) is 4.90 Å². The minimum atomic E-state index is -0.300. The largest absolute Gasteiger partial charge is 0.310 e. The summed E-state index contributed by atoms with van der Waals surface area (Å²) in [7, 11) is 0. The number of hydrogen-bond donors (Lipinski definition) is 1. The molecule has 1 heterocycles. The smallest absolute Gasteiger partial charge is 0.137 e. The summed E-state index contributed by atoms with van der Waals surface area (Å²) < 4.78 is 27.4. The summed E-state index contributed by atoms with van der Waals surface area (Å²) in [5.41, 5.74) is 0.518. The fourth-order valence-electron chi connectivity index (χ4n) is 2.08. The van der Waals surface area contributed by atoms with E-state index in [-0.39, 0.29) is 17.7 Å². The number of thioether (sulfide) groups is 1. The lowest BCUT2D eigenvalue weighted by Crippen LogP contribution is -2.22. The Morgan fingerprint density at radius 2 is 2.12 bits per heavy atom. The highest BCUT2D eigenvalue weighted by Crippen LogP contribution is 2.37. The van der Waals surface area contributed by atoms with Crippen LogP contribution in [0.15, 0.2) is 17.0 Å². The fraction of sp³-hybridized carbons (Fsp3) is 0.500. The molecule has 0 aliphatic carbocycles. The van der Waals surface area contributed by atoms with Crippen LogP contribution < -0.4 is 5.32 Å². The Labute approximate surface area is 98.6 Å². The lowest BCUT2D eigenvalue weighted by molar-refractivity contribution is 0.467. The molecule has 1 unspecified atom stereocenters. The molecule has 0 radical (unpaired) electrons. The Balaban J connectivity index is 2.46. The average Bonchev–Trinajstić information content (AvgIpc) is 2.48. The number of rotatable bonds is 2. The van der Waals surface area contributed by atoms with Crippen molar-refractivity contribution in [1.82, 2.24) is 5.32 Å².